The molecule has 5 nitrogen and oxygen atoms in total. The van der Waals surface area contributed by atoms with E-state index >= 15 is 0 Å². The van der Waals surface area contributed by atoms with Crippen molar-refractivity contribution in [2.75, 3.05) is 25.5 Å². The monoisotopic (exact) mass is 238 g/mol. The average molecular weight is 238 g/mol. The molecule has 0 fully saturated rings. The maximum absolute atomic E-state index is 11.2. The van der Waals surface area contributed by atoms with E-state index in [0.29, 0.717) is 11.5 Å². The van der Waals surface area contributed by atoms with Crippen molar-refractivity contribution in [2.45, 2.75) is 0 Å². The Morgan fingerprint density at radius 3 is 2.88 bits per heavy atom. The summed E-state index contributed by atoms with van der Waals surface area (Å²) in [4.78, 5) is 17.4. The lowest BCUT2D eigenvalue weighted by Crippen LogP contribution is -2.33. The zero-order valence-electron chi connectivity index (χ0n) is 9.23. The topological polar surface area (TPSA) is 71.2 Å². The Morgan fingerprint density at radius 2 is 2.31 bits per heavy atom. The third-order valence-electron chi connectivity index (χ3n) is 2.04. The molecule has 0 spiro atoms. The van der Waals surface area contributed by atoms with E-state index in [-0.39, 0.29) is 17.4 Å². The predicted octanol–water partition coefficient (Wildman–Crippen LogP) is -0.102. The van der Waals surface area contributed by atoms with Crippen molar-refractivity contribution in [1.82, 2.24) is 10.3 Å². The van der Waals surface area contributed by atoms with Crippen LogP contribution < -0.4 is 16.0 Å². The molecule has 0 unspecified atom stereocenters. The molecule has 3 N–H and O–H groups in total. The van der Waals surface area contributed by atoms with E-state index in [1.165, 1.54) is 0 Å². The molecule has 1 rings (SSSR count). The summed E-state index contributed by atoms with van der Waals surface area (Å²) in [6.45, 7) is 0.240. The van der Waals surface area contributed by atoms with Gasteiger partial charge in [-0.05, 0) is 12.1 Å². The van der Waals surface area contributed by atoms with Gasteiger partial charge in [0.15, 0.2) is 0 Å². The zero-order valence-corrected chi connectivity index (χ0v) is 10.0. The van der Waals surface area contributed by atoms with Crippen LogP contribution in [0.2, 0.25) is 0 Å². The second kappa shape index (κ2) is 5.41. The smallest absolute Gasteiger partial charge is 0.239 e. The molecular formula is C10H14N4OS. The Labute approximate surface area is 99.6 Å². The minimum Gasteiger partial charge on any atom is -0.388 e. The van der Waals surface area contributed by atoms with Crippen molar-refractivity contribution in [3.05, 3.63) is 23.9 Å². The van der Waals surface area contributed by atoms with E-state index in [0.717, 1.165) is 0 Å². The minimum absolute atomic E-state index is 0.0787. The lowest BCUT2D eigenvalue weighted by Gasteiger charge is -2.17. The van der Waals surface area contributed by atoms with Gasteiger partial charge in [0.25, 0.3) is 0 Å². The first kappa shape index (κ1) is 12.4. The first-order chi connectivity index (χ1) is 7.54. The second-order valence-electron chi connectivity index (χ2n) is 3.27. The fraction of sp³-hybridized carbons (Fsp3) is 0.300. The van der Waals surface area contributed by atoms with Gasteiger partial charge in [0.05, 0.1) is 12.2 Å². The quantitative estimate of drug-likeness (QED) is 0.717. The first-order valence-corrected chi connectivity index (χ1v) is 5.14. The maximum Gasteiger partial charge on any atom is 0.239 e. The van der Waals surface area contributed by atoms with Crippen molar-refractivity contribution < 1.29 is 4.79 Å². The molecule has 16 heavy (non-hydrogen) atoms. The molecule has 0 bridgehead atoms. The van der Waals surface area contributed by atoms with Crippen LogP contribution in [0.15, 0.2) is 18.2 Å². The summed E-state index contributed by atoms with van der Waals surface area (Å²) in [6.07, 6.45) is 0. The third-order valence-corrected chi connectivity index (χ3v) is 2.25. The number of carbonyl (C=O) groups is 1. The van der Waals surface area contributed by atoms with Crippen molar-refractivity contribution >= 4 is 28.9 Å². The zero-order chi connectivity index (χ0) is 12.1. The van der Waals surface area contributed by atoms with Gasteiger partial charge >= 0.3 is 0 Å². The molecule has 0 atom stereocenters. The van der Waals surface area contributed by atoms with Gasteiger partial charge in [-0.2, -0.15) is 0 Å². The molecule has 0 aromatic carbocycles. The SMILES string of the molecule is CNC(=O)CN(C)c1cccc(C(N)=S)n1. The number of nitrogens with one attached hydrogen (secondary N) is 1. The van der Waals surface area contributed by atoms with Gasteiger partial charge in [-0.1, -0.05) is 18.3 Å². The van der Waals surface area contributed by atoms with Crippen LogP contribution in [0.1, 0.15) is 5.69 Å². The molecule has 1 aromatic rings. The molecule has 0 saturated heterocycles. The standard InChI is InChI=1S/C10H14N4OS/c1-12-9(15)6-14(2)8-5-3-4-7(13-8)10(11)16/h3-5H,6H2,1-2H3,(H2,11,16)(H,12,15). The van der Waals surface area contributed by atoms with E-state index < -0.39 is 0 Å². The molecule has 1 heterocycles. The van der Waals surface area contributed by atoms with E-state index in [4.69, 9.17) is 18.0 Å². The fourth-order valence-electron chi connectivity index (χ4n) is 1.15. The Kier molecular flexibility index (Phi) is 4.19. The highest BCUT2D eigenvalue weighted by atomic mass is 32.1. The molecule has 6 heteroatoms. The summed E-state index contributed by atoms with van der Waals surface area (Å²) in [6, 6.07) is 5.33. The van der Waals surface area contributed by atoms with Crippen LogP contribution in [0.4, 0.5) is 5.82 Å². The Morgan fingerprint density at radius 1 is 1.62 bits per heavy atom. The highest BCUT2D eigenvalue weighted by molar-refractivity contribution is 7.80. The van der Waals surface area contributed by atoms with Crippen LogP contribution in [0.25, 0.3) is 0 Å². The number of likely N-dealkylation sites (N-methyl/N-ethyl adjacent to an activating group) is 2. The number of amides is 1. The number of hydrogen-bond acceptors (Lipinski definition) is 4. The van der Waals surface area contributed by atoms with E-state index in [1.807, 2.05) is 0 Å². The van der Waals surface area contributed by atoms with Gasteiger partial charge in [-0.15, -0.1) is 0 Å². The number of thiocarbonyl (C=S) groups is 1. The highest BCUT2D eigenvalue weighted by Gasteiger charge is 2.08. The van der Waals surface area contributed by atoms with Crippen LogP contribution in [0.3, 0.4) is 0 Å². The summed E-state index contributed by atoms with van der Waals surface area (Å²) in [7, 11) is 3.37. The van der Waals surface area contributed by atoms with Gasteiger partial charge in [0.2, 0.25) is 5.91 Å². The number of pyridine rings is 1. The largest absolute Gasteiger partial charge is 0.388 e. The van der Waals surface area contributed by atoms with Gasteiger partial charge in [0.1, 0.15) is 10.8 Å². The molecule has 0 radical (unpaired) electrons. The van der Waals surface area contributed by atoms with Gasteiger partial charge in [0, 0.05) is 14.1 Å². The van der Waals surface area contributed by atoms with Crippen LogP contribution in [-0.2, 0) is 4.79 Å². The third kappa shape index (κ3) is 3.16. The molecule has 1 aromatic heterocycles. The van der Waals surface area contributed by atoms with E-state index in [2.05, 4.69) is 10.3 Å². The summed E-state index contributed by atoms with van der Waals surface area (Å²) in [5.41, 5.74) is 6.03. The lowest BCUT2D eigenvalue weighted by molar-refractivity contribution is -0.119. The van der Waals surface area contributed by atoms with Gasteiger partial charge < -0.3 is 16.0 Å². The number of rotatable bonds is 4. The number of nitrogens with zero attached hydrogens (tertiary/aromatic N) is 2. The molecular weight excluding hydrogens is 224 g/mol. The average Bonchev–Trinajstić information content (AvgIpc) is 2.28. The lowest BCUT2D eigenvalue weighted by atomic mass is 10.3. The Bertz CT molecular complexity index is 408. The normalized spacial score (nSPS) is 9.62. The molecule has 1 amide bonds. The molecule has 0 aliphatic carbocycles. The highest BCUT2D eigenvalue weighted by Crippen LogP contribution is 2.09. The number of nitrogens with two attached hydrogens (primary N) is 1. The van der Waals surface area contributed by atoms with E-state index in [1.54, 1.807) is 37.2 Å². The molecule has 0 aliphatic heterocycles. The second-order valence-corrected chi connectivity index (χ2v) is 3.71. The molecule has 86 valence electrons. The first-order valence-electron chi connectivity index (χ1n) is 4.73. The summed E-state index contributed by atoms with van der Waals surface area (Å²) in [5.74, 6) is 0.582. The minimum atomic E-state index is -0.0787. The molecule has 0 saturated carbocycles. The number of aromatic nitrogens is 1. The van der Waals surface area contributed by atoms with Crippen LogP contribution in [0.5, 0.6) is 0 Å². The summed E-state index contributed by atoms with van der Waals surface area (Å²) < 4.78 is 0. The van der Waals surface area contributed by atoms with E-state index in [9.17, 15) is 4.79 Å². The Hall–Kier alpha value is -1.69. The van der Waals surface area contributed by atoms with Crippen molar-refractivity contribution in [3.8, 4) is 0 Å². The van der Waals surface area contributed by atoms with Crippen LogP contribution >= 0.6 is 12.2 Å². The van der Waals surface area contributed by atoms with Gasteiger partial charge in [-0.25, -0.2) is 4.98 Å². The van der Waals surface area contributed by atoms with Crippen LogP contribution in [-0.4, -0.2) is 36.5 Å². The fourth-order valence-corrected chi connectivity index (χ4v) is 1.26. The Balaban J connectivity index is 2.83. The van der Waals surface area contributed by atoms with Crippen molar-refractivity contribution in [1.29, 1.82) is 0 Å². The van der Waals surface area contributed by atoms with Gasteiger partial charge in [-0.3, -0.25) is 4.79 Å². The molecule has 0 aliphatic rings. The number of anilines is 1. The van der Waals surface area contributed by atoms with Crippen molar-refractivity contribution in [3.63, 3.8) is 0 Å². The number of carbonyl (C=O) groups excluding carboxylic acids is 1. The predicted molar refractivity (Wildman–Crippen MR) is 67.5 cm³/mol. The summed E-state index contributed by atoms with van der Waals surface area (Å²) >= 11 is 4.84. The number of hydrogen-bond donors (Lipinski definition) is 2. The maximum atomic E-state index is 11.2. The van der Waals surface area contributed by atoms with Crippen LogP contribution in [0, 0.1) is 0 Å². The van der Waals surface area contributed by atoms with Crippen molar-refractivity contribution in [2.24, 2.45) is 5.73 Å². The summed E-state index contributed by atoms with van der Waals surface area (Å²) in [5, 5.41) is 2.54.